The molecule has 1 N–H and O–H groups in total. The highest BCUT2D eigenvalue weighted by Crippen LogP contribution is 2.38. The maximum absolute atomic E-state index is 13.4. The van der Waals surface area contributed by atoms with Crippen molar-refractivity contribution in [1.29, 1.82) is 0 Å². The first-order chi connectivity index (χ1) is 17.7. The number of nitrogens with one attached hydrogen (secondary N) is 1. The van der Waals surface area contributed by atoms with Crippen molar-refractivity contribution < 1.29 is 19.1 Å². The normalized spacial score (nSPS) is 14.7. The highest BCUT2D eigenvalue weighted by molar-refractivity contribution is 7.80. The molecule has 2 amide bonds. The predicted molar refractivity (Wildman–Crippen MR) is 151 cm³/mol. The minimum atomic E-state index is -0.591. The number of hydrogen-bond acceptors (Lipinski definition) is 5. The molecular formula is C28H24Cl2N2O4S. The number of carbonyl (C=O) groups excluding carboxylic acids is 2. The van der Waals surface area contributed by atoms with Crippen LogP contribution in [0, 0.1) is 13.8 Å². The second-order valence-corrected chi connectivity index (χ2v) is 9.63. The van der Waals surface area contributed by atoms with Gasteiger partial charge in [-0.15, -0.1) is 0 Å². The minimum Gasteiger partial charge on any atom is -0.490 e. The molecule has 1 heterocycles. The molecule has 0 aromatic heterocycles. The van der Waals surface area contributed by atoms with Gasteiger partial charge in [-0.2, -0.15) is 0 Å². The number of anilines is 1. The Kier molecular flexibility index (Phi) is 8.17. The lowest BCUT2D eigenvalue weighted by molar-refractivity contribution is -0.122. The number of ether oxygens (including phenoxy) is 2. The summed E-state index contributed by atoms with van der Waals surface area (Å²) in [7, 11) is 0. The van der Waals surface area contributed by atoms with Crippen molar-refractivity contribution in [2.24, 2.45) is 0 Å². The molecule has 190 valence electrons. The Morgan fingerprint density at radius 1 is 0.973 bits per heavy atom. The summed E-state index contributed by atoms with van der Waals surface area (Å²) in [5.41, 5.74) is 3.97. The Balaban J connectivity index is 1.66. The first-order valence-electron chi connectivity index (χ1n) is 11.5. The fraction of sp³-hybridized carbons (Fsp3) is 0.179. The molecule has 0 bridgehead atoms. The van der Waals surface area contributed by atoms with Gasteiger partial charge in [-0.1, -0.05) is 41.4 Å². The van der Waals surface area contributed by atoms with Crippen molar-refractivity contribution >= 4 is 64.1 Å². The zero-order valence-electron chi connectivity index (χ0n) is 20.4. The van der Waals surface area contributed by atoms with Gasteiger partial charge in [0.05, 0.1) is 17.3 Å². The van der Waals surface area contributed by atoms with E-state index in [1.165, 1.54) is 11.0 Å². The SMILES string of the molecule is CCOc1cc(/C=C2\C(=O)NC(=S)N(c3ccc(C)c(C)c3)C2=O)cc(Cl)c1OCc1ccc(Cl)cc1. The maximum atomic E-state index is 13.4. The number of hydrogen-bond donors (Lipinski definition) is 1. The van der Waals surface area contributed by atoms with Crippen LogP contribution in [-0.2, 0) is 16.2 Å². The van der Waals surface area contributed by atoms with Gasteiger partial charge < -0.3 is 9.47 Å². The molecule has 4 rings (SSSR count). The van der Waals surface area contributed by atoms with E-state index in [2.05, 4.69) is 5.32 Å². The largest absolute Gasteiger partial charge is 0.490 e. The summed E-state index contributed by atoms with van der Waals surface area (Å²) in [6, 6.07) is 16.1. The Morgan fingerprint density at radius 3 is 2.38 bits per heavy atom. The van der Waals surface area contributed by atoms with E-state index in [0.717, 1.165) is 16.7 Å². The molecule has 3 aromatic carbocycles. The van der Waals surface area contributed by atoms with Gasteiger partial charge >= 0.3 is 0 Å². The Bertz CT molecular complexity index is 1420. The van der Waals surface area contributed by atoms with Gasteiger partial charge in [-0.05, 0) is 97.7 Å². The summed E-state index contributed by atoms with van der Waals surface area (Å²) in [5, 5.41) is 3.53. The average molecular weight is 555 g/mol. The van der Waals surface area contributed by atoms with Gasteiger partial charge in [0.15, 0.2) is 16.6 Å². The van der Waals surface area contributed by atoms with Gasteiger partial charge in [-0.3, -0.25) is 19.8 Å². The third kappa shape index (κ3) is 5.96. The Morgan fingerprint density at radius 2 is 1.70 bits per heavy atom. The second-order valence-electron chi connectivity index (χ2n) is 8.40. The first-order valence-corrected chi connectivity index (χ1v) is 12.7. The van der Waals surface area contributed by atoms with Gasteiger partial charge in [0.1, 0.15) is 12.2 Å². The Hall–Kier alpha value is -3.39. The lowest BCUT2D eigenvalue weighted by atomic mass is 10.0. The molecule has 0 saturated carbocycles. The van der Waals surface area contributed by atoms with E-state index < -0.39 is 11.8 Å². The first kappa shape index (κ1) is 26.7. The number of nitrogens with zero attached hydrogens (tertiary/aromatic N) is 1. The molecule has 0 spiro atoms. The molecule has 1 saturated heterocycles. The topological polar surface area (TPSA) is 67.9 Å². The van der Waals surface area contributed by atoms with Gasteiger partial charge in [0.2, 0.25) is 0 Å². The highest BCUT2D eigenvalue weighted by atomic mass is 35.5. The summed E-state index contributed by atoms with van der Waals surface area (Å²) in [4.78, 5) is 27.5. The monoisotopic (exact) mass is 554 g/mol. The van der Waals surface area contributed by atoms with Crippen molar-refractivity contribution in [1.82, 2.24) is 5.32 Å². The van der Waals surface area contributed by atoms with Crippen molar-refractivity contribution in [2.45, 2.75) is 27.4 Å². The summed E-state index contributed by atoms with van der Waals surface area (Å²) in [6.07, 6.45) is 1.46. The summed E-state index contributed by atoms with van der Waals surface area (Å²) >= 11 is 17.8. The molecule has 0 atom stereocenters. The fourth-order valence-corrected chi connectivity index (χ4v) is 4.41. The van der Waals surface area contributed by atoms with E-state index in [1.807, 2.05) is 45.0 Å². The van der Waals surface area contributed by atoms with Crippen molar-refractivity contribution in [2.75, 3.05) is 11.5 Å². The van der Waals surface area contributed by atoms with Crippen LogP contribution in [0.3, 0.4) is 0 Å². The standard InChI is InChI=1S/C28H24Cl2N2O4S/c1-4-35-24-14-19(13-23(30)25(24)36-15-18-6-8-20(29)9-7-18)12-22-26(33)31-28(37)32(27(22)34)21-10-5-16(2)17(3)11-21/h5-14H,4,15H2,1-3H3,(H,31,33,37)/b22-12+. The molecule has 3 aromatic rings. The highest BCUT2D eigenvalue weighted by Gasteiger charge is 2.34. The number of halogens is 2. The van der Waals surface area contributed by atoms with Crippen LogP contribution in [0.15, 0.2) is 60.2 Å². The van der Waals surface area contributed by atoms with E-state index >= 15 is 0 Å². The third-order valence-electron chi connectivity index (χ3n) is 5.79. The van der Waals surface area contributed by atoms with Crippen LogP contribution >= 0.6 is 35.4 Å². The van der Waals surface area contributed by atoms with Crippen LogP contribution in [0.5, 0.6) is 11.5 Å². The molecule has 1 aliphatic heterocycles. The van der Waals surface area contributed by atoms with Gasteiger partial charge in [-0.25, -0.2) is 0 Å². The molecule has 1 aliphatic rings. The van der Waals surface area contributed by atoms with E-state index in [9.17, 15) is 9.59 Å². The molecule has 0 unspecified atom stereocenters. The van der Waals surface area contributed by atoms with Crippen molar-refractivity contribution in [3.05, 3.63) is 92.5 Å². The summed E-state index contributed by atoms with van der Waals surface area (Å²) in [5.74, 6) is -0.375. The van der Waals surface area contributed by atoms with E-state index in [4.69, 9.17) is 44.9 Å². The van der Waals surface area contributed by atoms with E-state index in [-0.39, 0.29) is 22.3 Å². The van der Waals surface area contributed by atoms with Crippen molar-refractivity contribution in [3.63, 3.8) is 0 Å². The molecular weight excluding hydrogens is 531 g/mol. The van der Waals surface area contributed by atoms with Crippen LogP contribution in [0.4, 0.5) is 5.69 Å². The molecule has 1 fully saturated rings. The molecule has 37 heavy (non-hydrogen) atoms. The molecule has 0 radical (unpaired) electrons. The number of amides is 2. The number of thiocarbonyl (C=S) groups is 1. The maximum Gasteiger partial charge on any atom is 0.270 e. The van der Waals surface area contributed by atoms with Crippen LogP contribution in [-0.4, -0.2) is 23.5 Å². The van der Waals surface area contributed by atoms with E-state index in [1.54, 1.807) is 30.3 Å². The number of aryl methyl sites for hydroxylation is 2. The van der Waals surface area contributed by atoms with Crippen LogP contribution in [0.25, 0.3) is 6.08 Å². The average Bonchev–Trinajstić information content (AvgIpc) is 2.84. The van der Waals surface area contributed by atoms with Crippen LogP contribution in [0.1, 0.15) is 29.2 Å². The lowest BCUT2D eigenvalue weighted by Crippen LogP contribution is -2.54. The van der Waals surface area contributed by atoms with E-state index in [0.29, 0.717) is 34.4 Å². The second kappa shape index (κ2) is 11.3. The predicted octanol–water partition coefficient (Wildman–Crippen LogP) is 6.42. The van der Waals surface area contributed by atoms with Crippen LogP contribution < -0.4 is 19.7 Å². The van der Waals surface area contributed by atoms with Gasteiger partial charge in [0, 0.05) is 5.02 Å². The number of rotatable bonds is 7. The van der Waals surface area contributed by atoms with Crippen LogP contribution in [0.2, 0.25) is 10.0 Å². The summed E-state index contributed by atoms with van der Waals surface area (Å²) < 4.78 is 11.7. The third-order valence-corrected chi connectivity index (χ3v) is 6.61. The zero-order valence-corrected chi connectivity index (χ0v) is 22.8. The zero-order chi connectivity index (χ0) is 26.7. The Labute approximate surface area is 230 Å². The molecule has 6 nitrogen and oxygen atoms in total. The quantitative estimate of drug-likeness (QED) is 0.207. The molecule has 9 heteroatoms. The lowest BCUT2D eigenvalue weighted by Gasteiger charge is -2.29. The number of benzene rings is 3. The molecule has 0 aliphatic carbocycles. The van der Waals surface area contributed by atoms with Gasteiger partial charge in [0.25, 0.3) is 11.8 Å². The number of carbonyl (C=O) groups is 2. The minimum absolute atomic E-state index is 0.0226. The summed E-state index contributed by atoms with van der Waals surface area (Å²) in [6.45, 7) is 6.37. The fourth-order valence-electron chi connectivity index (χ4n) is 3.73. The van der Waals surface area contributed by atoms with Crippen molar-refractivity contribution in [3.8, 4) is 11.5 Å². The smallest absolute Gasteiger partial charge is 0.270 e.